The van der Waals surface area contributed by atoms with Gasteiger partial charge in [-0.05, 0) is 25.5 Å². The van der Waals surface area contributed by atoms with Crippen LogP contribution in [0.4, 0.5) is 11.6 Å². The maximum absolute atomic E-state index is 12.6. The number of para-hydroxylation sites is 1. The molecule has 138 valence electrons. The molecule has 1 amide bonds. The molecule has 2 heterocycles. The number of hydrogen-bond acceptors (Lipinski definition) is 6. The van der Waals surface area contributed by atoms with Crippen LogP contribution < -0.4 is 15.0 Å². The maximum Gasteiger partial charge on any atom is 0.241 e. The van der Waals surface area contributed by atoms with Crippen molar-refractivity contribution in [1.29, 1.82) is 0 Å². The van der Waals surface area contributed by atoms with Crippen LogP contribution in [0.25, 0.3) is 0 Å². The molecule has 1 atom stereocenters. The minimum atomic E-state index is -0.192. The highest BCUT2D eigenvalue weighted by Crippen LogP contribution is 2.17. The molecule has 0 aliphatic carbocycles. The molecule has 1 aliphatic rings. The first-order valence-corrected chi connectivity index (χ1v) is 8.81. The number of ether oxygens (including phenoxy) is 1. The molecule has 0 bridgehead atoms. The Bertz CT molecular complexity index is 759. The van der Waals surface area contributed by atoms with Crippen LogP contribution in [0, 0.1) is 6.92 Å². The molecule has 7 nitrogen and oxygen atoms in total. The highest BCUT2D eigenvalue weighted by molar-refractivity contribution is 5.95. The van der Waals surface area contributed by atoms with E-state index in [1.54, 1.807) is 19.4 Å². The van der Waals surface area contributed by atoms with Crippen LogP contribution in [0.1, 0.15) is 12.5 Å². The summed E-state index contributed by atoms with van der Waals surface area (Å²) < 4.78 is 5.16. The fraction of sp³-hybridized carbons (Fsp3) is 0.421. The van der Waals surface area contributed by atoms with Crippen molar-refractivity contribution in [3.63, 3.8) is 0 Å². The zero-order chi connectivity index (χ0) is 18.5. The lowest BCUT2D eigenvalue weighted by Crippen LogP contribution is -2.53. The van der Waals surface area contributed by atoms with E-state index in [1.165, 1.54) is 0 Å². The van der Waals surface area contributed by atoms with E-state index in [2.05, 4.69) is 25.1 Å². The van der Waals surface area contributed by atoms with Crippen LogP contribution in [0.3, 0.4) is 0 Å². The Hall–Kier alpha value is -2.67. The molecule has 1 aliphatic heterocycles. The quantitative estimate of drug-likeness (QED) is 0.884. The number of carbonyl (C=O) groups is 1. The molecule has 0 spiro atoms. The summed E-state index contributed by atoms with van der Waals surface area (Å²) in [5, 5.41) is 3.03. The number of benzene rings is 1. The minimum absolute atomic E-state index is 0.0189. The summed E-state index contributed by atoms with van der Waals surface area (Å²) >= 11 is 0. The van der Waals surface area contributed by atoms with Gasteiger partial charge in [-0.15, -0.1) is 0 Å². The highest BCUT2D eigenvalue weighted by Gasteiger charge is 2.26. The van der Waals surface area contributed by atoms with Gasteiger partial charge < -0.3 is 15.0 Å². The van der Waals surface area contributed by atoms with Gasteiger partial charge in [0.2, 0.25) is 17.7 Å². The van der Waals surface area contributed by atoms with Crippen molar-refractivity contribution in [2.45, 2.75) is 19.9 Å². The number of aromatic nitrogens is 2. The second kappa shape index (κ2) is 8.14. The standard InChI is InChI=1S/C19H25N5O2/c1-14-6-4-5-7-16(14)21-18(25)15(2)23-10-12-24(13-11-23)19-20-9-8-17(22-19)26-3/h4-9,15H,10-13H2,1-3H3,(H,21,25). The Balaban J connectivity index is 1.57. The molecule has 1 saturated heterocycles. The lowest BCUT2D eigenvalue weighted by atomic mass is 10.1. The van der Waals surface area contributed by atoms with Crippen LogP contribution in [-0.4, -0.2) is 60.1 Å². The highest BCUT2D eigenvalue weighted by atomic mass is 16.5. The molecule has 1 unspecified atom stereocenters. The lowest BCUT2D eigenvalue weighted by Gasteiger charge is -2.37. The van der Waals surface area contributed by atoms with Crippen molar-refractivity contribution in [1.82, 2.24) is 14.9 Å². The first-order valence-electron chi connectivity index (χ1n) is 8.81. The van der Waals surface area contributed by atoms with Gasteiger partial charge >= 0.3 is 0 Å². The summed E-state index contributed by atoms with van der Waals surface area (Å²) in [5.41, 5.74) is 1.93. The average molecular weight is 355 g/mol. The van der Waals surface area contributed by atoms with Crippen molar-refractivity contribution in [3.8, 4) is 5.88 Å². The zero-order valence-corrected chi connectivity index (χ0v) is 15.5. The number of anilines is 2. The summed E-state index contributed by atoms with van der Waals surface area (Å²) in [6.07, 6.45) is 1.70. The monoisotopic (exact) mass is 355 g/mol. The molecular formula is C19H25N5O2. The molecule has 7 heteroatoms. The van der Waals surface area contributed by atoms with Crippen LogP contribution >= 0.6 is 0 Å². The van der Waals surface area contributed by atoms with Gasteiger partial charge in [-0.1, -0.05) is 18.2 Å². The number of piperazine rings is 1. The molecule has 1 aromatic heterocycles. The van der Waals surface area contributed by atoms with E-state index in [9.17, 15) is 4.79 Å². The van der Waals surface area contributed by atoms with Crippen molar-refractivity contribution in [3.05, 3.63) is 42.1 Å². The van der Waals surface area contributed by atoms with Crippen molar-refractivity contribution >= 4 is 17.5 Å². The molecule has 0 saturated carbocycles. The molecule has 1 fully saturated rings. The van der Waals surface area contributed by atoms with Gasteiger partial charge in [0.05, 0.1) is 13.2 Å². The van der Waals surface area contributed by atoms with Gasteiger partial charge in [-0.2, -0.15) is 4.98 Å². The summed E-state index contributed by atoms with van der Waals surface area (Å²) in [6, 6.07) is 9.36. The lowest BCUT2D eigenvalue weighted by molar-refractivity contribution is -0.120. The molecule has 26 heavy (non-hydrogen) atoms. The van der Waals surface area contributed by atoms with Gasteiger partial charge in [-0.25, -0.2) is 4.98 Å². The van der Waals surface area contributed by atoms with E-state index in [0.717, 1.165) is 37.4 Å². The second-order valence-electron chi connectivity index (χ2n) is 6.40. The Morgan fingerprint density at radius 3 is 2.62 bits per heavy atom. The van der Waals surface area contributed by atoms with E-state index >= 15 is 0 Å². The van der Waals surface area contributed by atoms with Crippen molar-refractivity contribution in [2.24, 2.45) is 0 Å². The fourth-order valence-electron chi connectivity index (χ4n) is 3.02. The number of aryl methyl sites for hydroxylation is 1. The van der Waals surface area contributed by atoms with E-state index in [0.29, 0.717) is 11.8 Å². The molecule has 3 rings (SSSR count). The summed E-state index contributed by atoms with van der Waals surface area (Å²) in [5.74, 6) is 1.25. The number of nitrogens with zero attached hydrogens (tertiary/aromatic N) is 4. The first-order chi connectivity index (χ1) is 12.6. The van der Waals surface area contributed by atoms with Gasteiger partial charge in [0.1, 0.15) is 0 Å². The van der Waals surface area contributed by atoms with E-state index in [-0.39, 0.29) is 11.9 Å². The molecular weight excluding hydrogens is 330 g/mol. The Kier molecular flexibility index (Phi) is 5.68. The predicted octanol–water partition coefficient (Wildman–Crippen LogP) is 1.94. The van der Waals surface area contributed by atoms with Crippen LogP contribution in [0.5, 0.6) is 5.88 Å². The Labute approximate surface area is 154 Å². The van der Waals surface area contributed by atoms with E-state index < -0.39 is 0 Å². The number of amides is 1. The second-order valence-corrected chi connectivity index (χ2v) is 6.40. The van der Waals surface area contributed by atoms with Crippen molar-refractivity contribution in [2.75, 3.05) is 43.5 Å². The van der Waals surface area contributed by atoms with Crippen LogP contribution in [-0.2, 0) is 4.79 Å². The number of nitrogens with one attached hydrogen (secondary N) is 1. The van der Waals surface area contributed by atoms with Gasteiger partial charge in [-0.3, -0.25) is 9.69 Å². The van der Waals surface area contributed by atoms with E-state index in [4.69, 9.17) is 4.74 Å². The van der Waals surface area contributed by atoms with Crippen LogP contribution in [0.2, 0.25) is 0 Å². The van der Waals surface area contributed by atoms with Crippen LogP contribution in [0.15, 0.2) is 36.5 Å². The SMILES string of the molecule is COc1ccnc(N2CCN(C(C)C(=O)Nc3ccccc3C)CC2)n1. The van der Waals surface area contributed by atoms with E-state index in [1.807, 2.05) is 38.1 Å². The molecule has 2 aromatic rings. The minimum Gasteiger partial charge on any atom is -0.481 e. The number of methoxy groups -OCH3 is 1. The molecule has 1 aromatic carbocycles. The predicted molar refractivity (Wildman–Crippen MR) is 102 cm³/mol. The topological polar surface area (TPSA) is 70.6 Å². The third-order valence-electron chi connectivity index (χ3n) is 4.75. The third kappa shape index (κ3) is 4.11. The zero-order valence-electron chi connectivity index (χ0n) is 15.5. The normalized spacial score (nSPS) is 16.2. The number of rotatable bonds is 5. The molecule has 1 N–H and O–H groups in total. The fourth-order valence-corrected chi connectivity index (χ4v) is 3.02. The third-order valence-corrected chi connectivity index (χ3v) is 4.75. The van der Waals surface area contributed by atoms with Gasteiger partial charge in [0.15, 0.2) is 0 Å². The molecule has 0 radical (unpaired) electrons. The Morgan fingerprint density at radius 1 is 1.19 bits per heavy atom. The summed E-state index contributed by atoms with van der Waals surface area (Å²) in [4.78, 5) is 25.6. The Morgan fingerprint density at radius 2 is 1.92 bits per heavy atom. The smallest absolute Gasteiger partial charge is 0.241 e. The van der Waals surface area contributed by atoms with Gasteiger partial charge in [0, 0.05) is 44.1 Å². The summed E-state index contributed by atoms with van der Waals surface area (Å²) in [7, 11) is 1.60. The number of hydrogen-bond donors (Lipinski definition) is 1. The van der Waals surface area contributed by atoms with Crippen molar-refractivity contribution < 1.29 is 9.53 Å². The maximum atomic E-state index is 12.6. The first kappa shape index (κ1) is 18.1. The largest absolute Gasteiger partial charge is 0.481 e. The number of carbonyl (C=O) groups excluding carboxylic acids is 1. The summed E-state index contributed by atoms with van der Waals surface area (Å²) in [6.45, 7) is 7.05. The average Bonchev–Trinajstić information content (AvgIpc) is 2.69. The van der Waals surface area contributed by atoms with Gasteiger partial charge in [0.25, 0.3) is 0 Å².